The topological polar surface area (TPSA) is 43.8 Å². The molecule has 0 unspecified atom stereocenters. The van der Waals surface area contributed by atoms with Gasteiger partial charge in [0.25, 0.3) is 0 Å². The third kappa shape index (κ3) is 1.69. The Morgan fingerprint density at radius 1 is 1.33 bits per heavy atom. The van der Waals surface area contributed by atoms with Crippen LogP contribution in [0.2, 0.25) is 5.02 Å². The Morgan fingerprint density at radius 2 is 2.11 bits per heavy atom. The van der Waals surface area contributed by atoms with Crippen LogP contribution in [0.1, 0.15) is 5.56 Å². The molecule has 3 rings (SSSR count). The summed E-state index contributed by atoms with van der Waals surface area (Å²) < 4.78 is 3.04. The molecule has 18 heavy (non-hydrogen) atoms. The lowest BCUT2D eigenvalue weighted by Crippen LogP contribution is -1.94. The summed E-state index contributed by atoms with van der Waals surface area (Å²) in [4.78, 5) is 1.19. The molecule has 1 aromatic carbocycles. The zero-order chi connectivity index (χ0) is 12.9. The molecule has 0 aliphatic carbocycles. The first-order valence-corrected chi connectivity index (χ1v) is 6.74. The van der Waals surface area contributed by atoms with E-state index >= 15 is 0 Å². The van der Waals surface area contributed by atoms with Crippen LogP contribution in [0.3, 0.4) is 0 Å². The maximum atomic E-state index is 6.05. The number of hydrogen-bond acceptors (Lipinski definition) is 3. The minimum absolute atomic E-state index is 0.544. The van der Waals surface area contributed by atoms with Crippen LogP contribution in [0.25, 0.3) is 20.7 Å². The van der Waals surface area contributed by atoms with E-state index in [-0.39, 0.29) is 0 Å². The van der Waals surface area contributed by atoms with E-state index in [2.05, 4.69) is 18.1 Å². The fourth-order valence-electron chi connectivity index (χ4n) is 2.14. The van der Waals surface area contributed by atoms with Crippen LogP contribution in [0.4, 0.5) is 5.82 Å². The fraction of sp³-hybridized carbons (Fsp3) is 0.154. The lowest BCUT2D eigenvalue weighted by atomic mass is 10.1. The maximum absolute atomic E-state index is 6.05. The van der Waals surface area contributed by atoms with Gasteiger partial charge in [0, 0.05) is 22.8 Å². The van der Waals surface area contributed by atoms with E-state index in [0.29, 0.717) is 5.82 Å². The third-order valence-corrected chi connectivity index (χ3v) is 4.56. The maximum Gasteiger partial charge on any atom is 0.146 e. The third-order valence-electron chi connectivity index (χ3n) is 3.03. The van der Waals surface area contributed by atoms with E-state index in [4.69, 9.17) is 17.3 Å². The molecule has 0 saturated carbocycles. The summed E-state index contributed by atoms with van der Waals surface area (Å²) in [6, 6.07) is 7.88. The first-order valence-electron chi connectivity index (χ1n) is 5.55. The molecule has 0 saturated heterocycles. The van der Waals surface area contributed by atoms with Crippen LogP contribution >= 0.6 is 22.9 Å². The van der Waals surface area contributed by atoms with Crippen LogP contribution in [-0.4, -0.2) is 9.78 Å². The number of benzene rings is 1. The van der Waals surface area contributed by atoms with Gasteiger partial charge in [-0.05, 0) is 36.1 Å². The Kier molecular flexibility index (Phi) is 2.57. The van der Waals surface area contributed by atoms with Crippen molar-refractivity contribution < 1.29 is 0 Å². The van der Waals surface area contributed by atoms with Crippen molar-refractivity contribution in [1.29, 1.82) is 0 Å². The second-order valence-corrected chi connectivity index (χ2v) is 5.76. The van der Waals surface area contributed by atoms with Gasteiger partial charge in [-0.25, -0.2) is 0 Å². The smallest absolute Gasteiger partial charge is 0.146 e. The van der Waals surface area contributed by atoms with E-state index in [1.165, 1.54) is 20.5 Å². The number of nitrogen functional groups attached to an aromatic ring is 1. The molecule has 0 fully saturated rings. The summed E-state index contributed by atoms with van der Waals surface area (Å²) in [5.74, 6) is 0.544. The van der Waals surface area contributed by atoms with Crippen LogP contribution in [0, 0.1) is 6.92 Å². The van der Waals surface area contributed by atoms with Crippen molar-refractivity contribution in [1.82, 2.24) is 9.78 Å². The van der Waals surface area contributed by atoms with E-state index in [9.17, 15) is 0 Å². The van der Waals surface area contributed by atoms with Gasteiger partial charge in [-0.1, -0.05) is 11.6 Å². The predicted octanol–water partition coefficient (Wildman–Crippen LogP) is 3.85. The van der Waals surface area contributed by atoms with Crippen LogP contribution < -0.4 is 5.73 Å². The van der Waals surface area contributed by atoms with Gasteiger partial charge in [-0.15, -0.1) is 11.3 Å². The lowest BCUT2D eigenvalue weighted by molar-refractivity contribution is 0.781. The van der Waals surface area contributed by atoms with Gasteiger partial charge in [-0.3, -0.25) is 4.68 Å². The molecule has 0 spiro atoms. The Labute approximate surface area is 114 Å². The number of aromatic nitrogens is 2. The number of anilines is 1. The Balaban J connectivity index is 2.30. The number of rotatable bonds is 1. The largest absolute Gasteiger partial charge is 0.382 e. The van der Waals surface area contributed by atoms with E-state index < -0.39 is 0 Å². The number of halogens is 1. The molecule has 92 valence electrons. The highest BCUT2D eigenvalue weighted by Gasteiger charge is 2.14. The number of fused-ring (bicyclic) bond motifs is 1. The first kappa shape index (κ1) is 11.6. The highest BCUT2D eigenvalue weighted by atomic mass is 35.5. The fourth-order valence-corrected chi connectivity index (χ4v) is 3.55. The summed E-state index contributed by atoms with van der Waals surface area (Å²) >= 11 is 7.79. The molecule has 0 amide bonds. The summed E-state index contributed by atoms with van der Waals surface area (Å²) in [5, 5.41) is 6.15. The SMILES string of the molecule is Cc1c(-c2cc(N)nn2C)sc2ccc(Cl)cc12. The lowest BCUT2D eigenvalue weighted by Gasteiger charge is -1.99. The Bertz CT molecular complexity index is 742. The number of aryl methyl sites for hydroxylation is 2. The minimum Gasteiger partial charge on any atom is -0.382 e. The summed E-state index contributed by atoms with van der Waals surface area (Å²) in [5.41, 5.74) is 8.00. The Hall–Kier alpha value is -1.52. The van der Waals surface area contributed by atoms with Crippen molar-refractivity contribution >= 4 is 38.8 Å². The van der Waals surface area contributed by atoms with Crippen molar-refractivity contribution in [2.24, 2.45) is 7.05 Å². The monoisotopic (exact) mass is 277 g/mol. The number of nitrogens with two attached hydrogens (primary N) is 1. The quantitative estimate of drug-likeness (QED) is 0.734. The number of hydrogen-bond donors (Lipinski definition) is 1. The van der Waals surface area contributed by atoms with Gasteiger partial charge >= 0.3 is 0 Å². The van der Waals surface area contributed by atoms with E-state index in [0.717, 1.165) is 10.7 Å². The molecule has 0 aliphatic heterocycles. The molecule has 5 heteroatoms. The average Bonchev–Trinajstić information content (AvgIpc) is 2.80. The van der Waals surface area contributed by atoms with Crippen LogP contribution in [0.5, 0.6) is 0 Å². The van der Waals surface area contributed by atoms with Crippen LogP contribution in [-0.2, 0) is 7.05 Å². The molecule has 0 bridgehead atoms. The van der Waals surface area contributed by atoms with Crippen molar-refractivity contribution in [2.45, 2.75) is 6.92 Å². The second-order valence-electron chi connectivity index (χ2n) is 4.27. The Morgan fingerprint density at radius 3 is 2.78 bits per heavy atom. The van der Waals surface area contributed by atoms with Gasteiger partial charge < -0.3 is 5.73 Å². The molecule has 2 aromatic heterocycles. The zero-order valence-corrected chi connectivity index (χ0v) is 11.6. The highest BCUT2D eigenvalue weighted by Crippen LogP contribution is 2.39. The molecule has 3 aromatic rings. The summed E-state index contributed by atoms with van der Waals surface area (Å²) in [6.07, 6.45) is 0. The van der Waals surface area contributed by atoms with E-state index in [1.807, 2.05) is 29.9 Å². The molecule has 0 radical (unpaired) electrons. The molecule has 0 atom stereocenters. The normalized spacial score (nSPS) is 11.3. The number of thiophene rings is 1. The summed E-state index contributed by atoms with van der Waals surface area (Å²) in [7, 11) is 1.91. The van der Waals surface area contributed by atoms with Crippen molar-refractivity contribution in [3.05, 3.63) is 34.9 Å². The zero-order valence-electron chi connectivity index (χ0n) is 10.1. The summed E-state index contributed by atoms with van der Waals surface area (Å²) in [6.45, 7) is 2.10. The van der Waals surface area contributed by atoms with E-state index in [1.54, 1.807) is 11.3 Å². The first-order chi connectivity index (χ1) is 8.56. The van der Waals surface area contributed by atoms with Gasteiger partial charge in [0.15, 0.2) is 0 Å². The molecule has 2 N–H and O–H groups in total. The number of nitrogens with zero attached hydrogens (tertiary/aromatic N) is 2. The molecule has 2 heterocycles. The molecular formula is C13H12ClN3S. The average molecular weight is 278 g/mol. The van der Waals surface area contributed by atoms with Crippen molar-refractivity contribution in [3.8, 4) is 10.6 Å². The van der Waals surface area contributed by atoms with Gasteiger partial charge in [0.05, 0.1) is 10.6 Å². The van der Waals surface area contributed by atoms with Crippen molar-refractivity contribution in [2.75, 3.05) is 5.73 Å². The van der Waals surface area contributed by atoms with Gasteiger partial charge in [0.2, 0.25) is 0 Å². The minimum atomic E-state index is 0.544. The molecule has 0 aliphatic rings. The van der Waals surface area contributed by atoms with Gasteiger partial charge in [-0.2, -0.15) is 5.10 Å². The molecule has 3 nitrogen and oxygen atoms in total. The standard InChI is InChI=1S/C13H12ClN3S/c1-7-9-5-8(14)3-4-11(9)18-13(7)10-6-12(15)16-17(10)2/h3-6H,1-2H3,(H2,15,16). The predicted molar refractivity (Wildman–Crippen MR) is 78.2 cm³/mol. The molecular weight excluding hydrogens is 266 g/mol. The van der Waals surface area contributed by atoms with Crippen LogP contribution in [0.15, 0.2) is 24.3 Å². The second kappa shape index (κ2) is 4.00. The van der Waals surface area contributed by atoms with Gasteiger partial charge in [0.1, 0.15) is 5.82 Å². The highest BCUT2D eigenvalue weighted by molar-refractivity contribution is 7.22. The van der Waals surface area contributed by atoms with Crippen molar-refractivity contribution in [3.63, 3.8) is 0 Å².